The number of nitrogens with one attached hydrogen (secondary N) is 1. The Bertz CT molecular complexity index is 719. The van der Waals surface area contributed by atoms with E-state index < -0.39 is 0 Å². The van der Waals surface area contributed by atoms with Gasteiger partial charge in [0.1, 0.15) is 17.3 Å². The smallest absolute Gasteiger partial charge is 0.215 e. The second kappa shape index (κ2) is 6.93. The molecule has 3 rings (SSSR count). The number of nitrogen functional groups attached to an aromatic ring is 1. The number of rotatable bonds is 3. The molecule has 0 radical (unpaired) electrons. The average molecular weight is 334 g/mol. The fourth-order valence-electron chi connectivity index (χ4n) is 2.57. The van der Waals surface area contributed by atoms with Crippen LogP contribution in [0, 0.1) is 0 Å². The predicted octanol–water partition coefficient (Wildman–Crippen LogP) is 1.99. The summed E-state index contributed by atoms with van der Waals surface area (Å²) in [5.41, 5.74) is 6.41. The van der Waals surface area contributed by atoms with Gasteiger partial charge in [-0.05, 0) is 31.2 Å². The first-order valence-electron chi connectivity index (χ1n) is 7.53. The Morgan fingerprint density at radius 3 is 3.09 bits per heavy atom. The minimum atomic E-state index is -0.271. The number of aromatic nitrogens is 2. The van der Waals surface area contributed by atoms with Crippen molar-refractivity contribution in [2.24, 2.45) is 0 Å². The van der Waals surface area contributed by atoms with E-state index in [1.54, 1.807) is 6.07 Å². The van der Waals surface area contributed by atoms with E-state index >= 15 is 0 Å². The largest absolute Gasteiger partial charge is 0.383 e. The first-order valence-corrected chi connectivity index (χ1v) is 7.91. The molecule has 23 heavy (non-hydrogen) atoms. The highest BCUT2D eigenvalue weighted by Gasteiger charge is 2.17. The van der Waals surface area contributed by atoms with Crippen LogP contribution in [0.25, 0.3) is 0 Å². The molecule has 122 valence electrons. The van der Waals surface area contributed by atoms with Crippen molar-refractivity contribution in [3.8, 4) is 0 Å². The number of hydrogen-bond acceptors (Lipinski definition) is 6. The number of anilines is 2. The van der Waals surface area contributed by atoms with Crippen LogP contribution >= 0.6 is 11.6 Å². The van der Waals surface area contributed by atoms with Gasteiger partial charge in [-0.1, -0.05) is 17.7 Å². The molecule has 0 atom stereocenters. The zero-order chi connectivity index (χ0) is 16.2. The third-order valence-corrected chi connectivity index (χ3v) is 3.97. The molecule has 3 N–H and O–H groups in total. The number of nitrogens with zero attached hydrogens (tertiary/aromatic N) is 3. The van der Waals surface area contributed by atoms with Gasteiger partial charge in [0, 0.05) is 27.3 Å². The molecule has 1 fully saturated rings. The molecule has 0 aliphatic carbocycles. The Kier molecular flexibility index (Phi) is 4.73. The maximum absolute atomic E-state index is 12.7. The van der Waals surface area contributed by atoms with Crippen LogP contribution in [0.3, 0.4) is 0 Å². The summed E-state index contributed by atoms with van der Waals surface area (Å²) < 4.78 is 0. The Balaban J connectivity index is 0.00000208. The van der Waals surface area contributed by atoms with Gasteiger partial charge in [0.25, 0.3) is 0 Å². The number of carbonyl (C=O) groups is 1. The number of pyridine rings is 2. The maximum atomic E-state index is 12.7. The van der Waals surface area contributed by atoms with E-state index in [2.05, 4.69) is 20.2 Å². The van der Waals surface area contributed by atoms with Gasteiger partial charge in [-0.2, -0.15) is 0 Å². The van der Waals surface area contributed by atoms with Crippen LogP contribution < -0.4 is 16.0 Å². The molecular formula is C16H20ClN5O. The van der Waals surface area contributed by atoms with Crippen LogP contribution in [0.5, 0.6) is 0 Å². The van der Waals surface area contributed by atoms with Crippen molar-refractivity contribution >= 4 is 29.0 Å². The van der Waals surface area contributed by atoms with E-state index in [0.29, 0.717) is 10.7 Å². The summed E-state index contributed by atoms with van der Waals surface area (Å²) in [6.07, 6.45) is 2.47. The predicted molar refractivity (Wildman–Crippen MR) is 93.1 cm³/mol. The number of carbonyl (C=O) groups excluding carboxylic acids is 1. The van der Waals surface area contributed by atoms with Gasteiger partial charge in [-0.25, -0.2) is 9.97 Å². The Labute approximate surface area is 141 Å². The molecule has 2 aromatic rings. The van der Waals surface area contributed by atoms with E-state index in [4.69, 9.17) is 17.3 Å². The third kappa shape index (κ3) is 3.60. The highest BCUT2D eigenvalue weighted by molar-refractivity contribution is 6.31. The summed E-state index contributed by atoms with van der Waals surface area (Å²) in [6.45, 7) is 3.69. The van der Waals surface area contributed by atoms with Crippen molar-refractivity contribution in [2.45, 2.75) is 6.42 Å². The molecule has 3 heterocycles. The van der Waals surface area contributed by atoms with Crippen LogP contribution in [0.1, 0.15) is 23.9 Å². The Hall–Kier alpha value is -2.18. The molecule has 1 saturated heterocycles. The molecule has 0 bridgehead atoms. The number of ketones is 1. The fraction of sp³-hybridized carbons (Fsp3) is 0.312. The van der Waals surface area contributed by atoms with Crippen molar-refractivity contribution in [1.82, 2.24) is 15.3 Å². The van der Waals surface area contributed by atoms with Gasteiger partial charge < -0.3 is 16.0 Å². The van der Waals surface area contributed by atoms with E-state index in [1.165, 1.54) is 12.3 Å². The zero-order valence-corrected chi connectivity index (χ0v) is 13.4. The zero-order valence-electron chi connectivity index (χ0n) is 12.6. The van der Waals surface area contributed by atoms with Gasteiger partial charge in [0.15, 0.2) is 0 Å². The summed E-state index contributed by atoms with van der Waals surface area (Å²) in [4.78, 5) is 23.3. The molecule has 1 aliphatic heterocycles. The van der Waals surface area contributed by atoms with Crippen LogP contribution in [-0.2, 0) is 0 Å². The minimum absolute atomic E-state index is 0. The summed E-state index contributed by atoms with van der Waals surface area (Å²) in [7, 11) is 0. The molecular weight excluding hydrogens is 314 g/mol. The van der Waals surface area contributed by atoms with E-state index in [1.807, 2.05) is 12.1 Å². The third-order valence-electron chi connectivity index (χ3n) is 3.76. The number of nitrogens with two attached hydrogens (primary N) is 1. The number of hydrogen-bond donors (Lipinski definition) is 2. The standard InChI is InChI=1S/C16H18ClN5O.H2/c17-11-9-12(16(18)20-10-11)15(23)13-3-1-4-14(21-13)22-7-2-5-19-6-8-22;/h1,3-4,9-10,19H,2,5-8H2,(H2,18,20);1H. The van der Waals surface area contributed by atoms with Gasteiger partial charge >= 0.3 is 0 Å². The lowest BCUT2D eigenvalue weighted by Crippen LogP contribution is -2.29. The lowest BCUT2D eigenvalue weighted by molar-refractivity contribution is 0.103. The van der Waals surface area contributed by atoms with Crippen molar-refractivity contribution in [3.05, 3.63) is 46.7 Å². The van der Waals surface area contributed by atoms with Crippen molar-refractivity contribution in [3.63, 3.8) is 0 Å². The Morgan fingerprint density at radius 2 is 2.22 bits per heavy atom. The number of halogens is 1. The maximum Gasteiger partial charge on any atom is 0.215 e. The van der Waals surface area contributed by atoms with Crippen LogP contribution in [0.4, 0.5) is 11.6 Å². The molecule has 0 amide bonds. The van der Waals surface area contributed by atoms with Gasteiger partial charge in [0.2, 0.25) is 5.78 Å². The molecule has 2 aromatic heterocycles. The lowest BCUT2D eigenvalue weighted by atomic mass is 10.1. The molecule has 1 aliphatic rings. The minimum Gasteiger partial charge on any atom is -0.383 e. The van der Waals surface area contributed by atoms with E-state index in [0.717, 1.165) is 38.4 Å². The van der Waals surface area contributed by atoms with E-state index in [9.17, 15) is 4.79 Å². The highest BCUT2D eigenvalue weighted by Crippen LogP contribution is 2.20. The Morgan fingerprint density at radius 1 is 1.35 bits per heavy atom. The van der Waals surface area contributed by atoms with Crippen LogP contribution in [-0.4, -0.2) is 41.9 Å². The molecule has 0 aromatic carbocycles. The second-order valence-corrected chi connectivity index (χ2v) is 5.82. The van der Waals surface area contributed by atoms with Crippen LogP contribution in [0.2, 0.25) is 5.02 Å². The van der Waals surface area contributed by atoms with Crippen molar-refractivity contribution in [1.29, 1.82) is 0 Å². The van der Waals surface area contributed by atoms with Crippen molar-refractivity contribution < 1.29 is 6.22 Å². The first kappa shape index (κ1) is 15.7. The second-order valence-electron chi connectivity index (χ2n) is 5.39. The molecule has 7 heteroatoms. The van der Waals surface area contributed by atoms with Gasteiger partial charge in [0.05, 0.1) is 10.6 Å². The summed E-state index contributed by atoms with van der Waals surface area (Å²) in [5.74, 6) is 0.686. The lowest BCUT2D eigenvalue weighted by Gasteiger charge is -2.21. The fourth-order valence-corrected chi connectivity index (χ4v) is 2.73. The van der Waals surface area contributed by atoms with Crippen molar-refractivity contribution in [2.75, 3.05) is 36.8 Å². The molecule has 0 saturated carbocycles. The quantitative estimate of drug-likeness (QED) is 0.836. The first-order chi connectivity index (χ1) is 11.1. The monoisotopic (exact) mass is 333 g/mol. The average Bonchev–Trinajstić information content (AvgIpc) is 2.86. The topological polar surface area (TPSA) is 84.1 Å². The van der Waals surface area contributed by atoms with Gasteiger partial charge in [-0.3, -0.25) is 4.79 Å². The SMILES string of the molecule is Nc1ncc(Cl)cc1C(=O)c1cccc(N2CCCNCC2)n1.[HH]. The summed E-state index contributed by atoms with van der Waals surface area (Å²) in [5, 5.41) is 3.72. The molecule has 0 unspecified atom stereocenters. The molecule has 6 nitrogen and oxygen atoms in total. The normalized spacial score (nSPS) is 15.3. The van der Waals surface area contributed by atoms with Gasteiger partial charge in [-0.15, -0.1) is 0 Å². The highest BCUT2D eigenvalue weighted by atomic mass is 35.5. The van der Waals surface area contributed by atoms with Crippen LogP contribution in [0.15, 0.2) is 30.5 Å². The summed E-state index contributed by atoms with van der Waals surface area (Å²) >= 11 is 5.91. The summed E-state index contributed by atoms with van der Waals surface area (Å²) in [6, 6.07) is 6.96. The van der Waals surface area contributed by atoms with E-state index in [-0.39, 0.29) is 18.6 Å². The molecule has 0 spiro atoms.